The third-order valence-corrected chi connectivity index (χ3v) is 5.33. The van der Waals surface area contributed by atoms with E-state index in [2.05, 4.69) is 21.5 Å². The van der Waals surface area contributed by atoms with E-state index < -0.39 is 5.82 Å². The lowest BCUT2D eigenvalue weighted by Crippen LogP contribution is -2.08. The fourth-order valence-corrected chi connectivity index (χ4v) is 3.91. The van der Waals surface area contributed by atoms with E-state index in [1.807, 2.05) is 44.6 Å². The Kier molecular flexibility index (Phi) is 4.96. The van der Waals surface area contributed by atoms with Gasteiger partial charge in [-0.3, -0.25) is 9.67 Å². The summed E-state index contributed by atoms with van der Waals surface area (Å²) in [5, 5.41) is 8.99. The lowest BCUT2D eigenvalue weighted by molar-refractivity contribution is 0.624. The number of pyridine rings is 1. The monoisotopic (exact) mass is 414 g/mol. The van der Waals surface area contributed by atoms with Gasteiger partial charge in [-0.25, -0.2) is 4.39 Å². The second-order valence-corrected chi connectivity index (χ2v) is 7.44. The molecule has 4 nitrogen and oxygen atoms in total. The van der Waals surface area contributed by atoms with Gasteiger partial charge in [0.2, 0.25) is 0 Å². The number of halogens is 3. The zero-order chi connectivity index (χ0) is 19.8. The van der Waals surface area contributed by atoms with E-state index in [4.69, 9.17) is 23.2 Å². The van der Waals surface area contributed by atoms with Crippen LogP contribution >= 0.6 is 23.2 Å². The smallest absolute Gasteiger partial charge is 0.142 e. The van der Waals surface area contributed by atoms with E-state index in [1.165, 1.54) is 12.1 Å². The summed E-state index contributed by atoms with van der Waals surface area (Å²) in [6.45, 7) is 1.89. The maximum absolute atomic E-state index is 13.8. The van der Waals surface area contributed by atoms with E-state index in [0.29, 0.717) is 10.6 Å². The minimum Gasteiger partial charge on any atom is -0.378 e. The standard InChI is InChI=1S/C21H17Cl2FN4/c1-12(20-17(22)4-5-18(24)21(20)23)27-16-3-6-19-13(8-16)7-14(9-25-19)15-10-26-28(2)11-15/h3-12,27H,1-2H3. The molecular formula is C21H17Cl2FN4. The van der Waals surface area contributed by atoms with Gasteiger partial charge in [-0.1, -0.05) is 23.2 Å². The molecule has 0 fully saturated rings. The van der Waals surface area contributed by atoms with Crippen molar-refractivity contribution in [1.29, 1.82) is 0 Å². The molecule has 2 aromatic heterocycles. The summed E-state index contributed by atoms with van der Waals surface area (Å²) in [6.07, 6.45) is 5.59. The average molecular weight is 415 g/mol. The van der Waals surface area contributed by atoms with Crippen molar-refractivity contribution in [3.63, 3.8) is 0 Å². The molecule has 0 aliphatic rings. The first-order valence-electron chi connectivity index (χ1n) is 8.71. The van der Waals surface area contributed by atoms with Crippen LogP contribution < -0.4 is 5.32 Å². The second kappa shape index (κ2) is 7.41. The third-order valence-electron chi connectivity index (χ3n) is 4.62. The topological polar surface area (TPSA) is 42.7 Å². The summed E-state index contributed by atoms with van der Waals surface area (Å²) < 4.78 is 15.6. The van der Waals surface area contributed by atoms with Crippen LogP contribution in [0.15, 0.2) is 55.0 Å². The fourth-order valence-electron chi connectivity index (χ4n) is 3.21. The van der Waals surface area contributed by atoms with E-state index in [-0.39, 0.29) is 11.1 Å². The van der Waals surface area contributed by atoms with Crippen molar-refractivity contribution >= 4 is 39.8 Å². The number of nitrogens with one attached hydrogen (secondary N) is 1. The van der Waals surface area contributed by atoms with Gasteiger partial charge < -0.3 is 5.32 Å². The zero-order valence-corrected chi connectivity index (χ0v) is 16.8. The Labute approximate surface area is 171 Å². The van der Waals surface area contributed by atoms with Gasteiger partial charge in [-0.05, 0) is 43.3 Å². The van der Waals surface area contributed by atoms with Crippen LogP contribution in [0.4, 0.5) is 10.1 Å². The molecule has 0 spiro atoms. The molecule has 0 bridgehead atoms. The first-order valence-corrected chi connectivity index (χ1v) is 9.47. The molecule has 2 heterocycles. The summed E-state index contributed by atoms with van der Waals surface area (Å²) in [5.41, 5.74) is 4.27. The van der Waals surface area contributed by atoms with Gasteiger partial charge >= 0.3 is 0 Å². The van der Waals surface area contributed by atoms with Crippen molar-refractivity contribution in [2.24, 2.45) is 7.05 Å². The van der Waals surface area contributed by atoms with Crippen LogP contribution in [-0.4, -0.2) is 14.8 Å². The third kappa shape index (κ3) is 3.55. The Morgan fingerprint density at radius 2 is 1.89 bits per heavy atom. The number of aromatic nitrogens is 3. The van der Waals surface area contributed by atoms with Gasteiger partial charge in [0.15, 0.2) is 0 Å². The molecule has 1 unspecified atom stereocenters. The van der Waals surface area contributed by atoms with Crippen molar-refractivity contribution in [3.8, 4) is 11.1 Å². The minimum absolute atomic E-state index is 0.0359. The molecule has 0 radical (unpaired) electrons. The van der Waals surface area contributed by atoms with Gasteiger partial charge in [-0.15, -0.1) is 0 Å². The Morgan fingerprint density at radius 1 is 1.07 bits per heavy atom. The molecule has 4 aromatic rings. The SMILES string of the molecule is CC(Nc1ccc2ncc(-c3cnn(C)c3)cc2c1)c1c(Cl)ccc(F)c1Cl. The minimum atomic E-state index is -0.487. The zero-order valence-electron chi connectivity index (χ0n) is 15.2. The highest BCUT2D eigenvalue weighted by Crippen LogP contribution is 2.34. The average Bonchev–Trinajstić information content (AvgIpc) is 3.11. The van der Waals surface area contributed by atoms with Crippen LogP contribution in [0.2, 0.25) is 10.0 Å². The van der Waals surface area contributed by atoms with Gasteiger partial charge in [0.25, 0.3) is 0 Å². The quantitative estimate of drug-likeness (QED) is 0.401. The highest BCUT2D eigenvalue weighted by atomic mass is 35.5. The van der Waals surface area contributed by atoms with Crippen molar-refractivity contribution in [3.05, 3.63) is 76.4 Å². The molecule has 0 saturated carbocycles. The first kappa shape index (κ1) is 18.7. The predicted molar refractivity (Wildman–Crippen MR) is 112 cm³/mol. The van der Waals surface area contributed by atoms with E-state index in [1.54, 1.807) is 10.9 Å². The number of fused-ring (bicyclic) bond motifs is 1. The largest absolute Gasteiger partial charge is 0.378 e. The molecule has 142 valence electrons. The molecule has 7 heteroatoms. The highest BCUT2D eigenvalue weighted by molar-refractivity contribution is 6.36. The molecule has 2 aromatic carbocycles. The summed E-state index contributed by atoms with van der Waals surface area (Å²) in [4.78, 5) is 4.53. The Balaban J connectivity index is 1.67. The number of aryl methyl sites for hydroxylation is 1. The Bertz CT molecular complexity index is 1170. The van der Waals surface area contributed by atoms with E-state index in [0.717, 1.165) is 27.7 Å². The molecule has 1 N–H and O–H groups in total. The van der Waals surface area contributed by atoms with Crippen molar-refractivity contribution in [1.82, 2.24) is 14.8 Å². The maximum atomic E-state index is 13.8. The number of benzene rings is 2. The van der Waals surface area contributed by atoms with Crippen LogP contribution in [0.25, 0.3) is 22.0 Å². The molecular weight excluding hydrogens is 398 g/mol. The van der Waals surface area contributed by atoms with E-state index in [9.17, 15) is 4.39 Å². The number of hydrogen-bond acceptors (Lipinski definition) is 3. The first-order chi connectivity index (χ1) is 13.4. The van der Waals surface area contributed by atoms with Gasteiger partial charge in [0.1, 0.15) is 5.82 Å². The number of nitrogens with zero attached hydrogens (tertiary/aromatic N) is 3. The lowest BCUT2D eigenvalue weighted by atomic mass is 10.1. The number of rotatable bonds is 4. The van der Waals surface area contributed by atoms with Crippen LogP contribution in [0.3, 0.4) is 0 Å². The van der Waals surface area contributed by atoms with Crippen LogP contribution in [0, 0.1) is 5.82 Å². The molecule has 0 amide bonds. The Morgan fingerprint density at radius 3 is 2.64 bits per heavy atom. The highest BCUT2D eigenvalue weighted by Gasteiger charge is 2.17. The van der Waals surface area contributed by atoms with Gasteiger partial charge in [0.05, 0.1) is 22.8 Å². The molecule has 4 rings (SSSR count). The number of hydrogen-bond donors (Lipinski definition) is 1. The lowest BCUT2D eigenvalue weighted by Gasteiger charge is -2.19. The van der Waals surface area contributed by atoms with Crippen molar-refractivity contribution in [2.45, 2.75) is 13.0 Å². The summed E-state index contributed by atoms with van der Waals surface area (Å²) in [5.74, 6) is -0.487. The number of anilines is 1. The molecule has 1 atom stereocenters. The normalized spacial score (nSPS) is 12.3. The Hall–Kier alpha value is -2.63. The summed E-state index contributed by atoms with van der Waals surface area (Å²) in [7, 11) is 1.88. The van der Waals surface area contributed by atoms with Crippen molar-refractivity contribution < 1.29 is 4.39 Å². The molecule has 0 aliphatic carbocycles. The van der Waals surface area contributed by atoms with E-state index >= 15 is 0 Å². The summed E-state index contributed by atoms with van der Waals surface area (Å²) in [6, 6.07) is 10.4. The predicted octanol–water partition coefficient (Wildman–Crippen LogP) is 6.25. The van der Waals surface area contributed by atoms with Crippen LogP contribution in [-0.2, 0) is 7.05 Å². The molecule has 0 aliphatic heterocycles. The van der Waals surface area contributed by atoms with Gasteiger partial charge in [-0.2, -0.15) is 5.10 Å². The summed E-state index contributed by atoms with van der Waals surface area (Å²) >= 11 is 12.4. The molecule has 28 heavy (non-hydrogen) atoms. The maximum Gasteiger partial charge on any atom is 0.142 e. The second-order valence-electron chi connectivity index (χ2n) is 6.66. The molecule has 0 saturated heterocycles. The van der Waals surface area contributed by atoms with Crippen molar-refractivity contribution in [2.75, 3.05) is 5.32 Å². The fraction of sp³-hybridized carbons (Fsp3) is 0.143. The van der Waals surface area contributed by atoms with Crippen LogP contribution in [0.1, 0.15) is 18.5 Å². The van der Waals surface area contributed by atoms with Crippen LogP contribution in [0.5, 0.6) is 0 Å². The van der Waals surface area contributed by atoms with Gasteiger partial charge in [0, 0.05) is 52.2 Å².